The lowest BCUT2D eigenvalue weighted by atomic mass is 9.96. The van der Waals surface area contributed by atoms with Crippen molar-refractivity contribution in [2.75, 3.05) is 6.54 Å². The number of nitrogens with zero attached hydrogens (tertiary/aromatic N) is 3. The van der Waals surface area contributed by atoms with E-state index in [2.05, 4.69) is 36.4 Å². The topological polar surface area (TPSA) is 21.1 Å². The van der Waals surface area contributed by atoms with Gasteiger partial charge in [-0.05, 0) is 52.0 Å². The number of hydrogen-bond donors (Lipinski definition) is 0. The van der Waals surface area contributed by atoms with Crippen molar-refractivity contribution >= 4 is 0 Å². The Labute approximate surface area is 123 Å². The van der Waals surface area contributed by atoms with Gasteiger partial charge < -0.3 is 4.57 Å². The second-order valence-corrected chi connectivity index (χ2v) is 7.11. The van der Waals surface area contributed by atoms with Crippen molar-refractivity contribution in [1.82, 2.24) is 14.5 Å². The van der Waals surface area contributed by atoms with Gasteiger partial charge >= 0.3 is 0 Å². The Balaban J connectivity index is 1.75. The van der Waals surface area contributed by atoms with E-state index < -0.39 is 0 Å². The molecular weight excluding hydrogens is 246 g/mol. The predicted octanol–water partition coefficient (Wildman–Crippen LogP) is 3.27. The van der Waals surface area contributed by atoms with Crippen LogP contribution in [0.4, 0.5) is 0 Å². The van der Waals surface area contributed by atoms with Gasteiger partial charge in [0.25, 0.3) is 0 Å². The molecule has 2 atom stereocenters. The quantitative estimate of drug-likeness (QED) is 0.844. The Bertz CT molecular complexity index is 449. The average molecular weight is 275 g/mol. The third-order valence-corrected chi connectivity index (χ3v) is 5.16. The van der Waals surface area contributed by atoms with Crippen molar-refractivity contribution in [1.29, 1.82) is 0 Å². The van der Waals surface area contributed by atoms with Gasteiger partial charge in [-0.1, -0.05) is 13.3 Å². The van der Waals surface area contributed by atoms with Crippen LogP contribution in [0.25, 0.3) is 0 Å². The minimum Gasteiger partial charge on any atom is -0.332 e. The number of hydrogen-bond acceptors (Lipinski definition) is 2. The van der Waals surface area contributed by atoms with Crippen LogP contribution in [-0.4, -0.2) is 33.1 Å². The van der Waals surface area contributed by atoms with Gasteiger partial charge in [0.2, 0.25) is 0 Å². The van der Waals surface area contributed by atoms with E-state index in [1.54, 1.807) is 0 Å². The summed E-state index contributed by atoms with van der Waals surface area (Å²) in [5, 5.41) is 0. The summed E-state index contributed by atoms with van der Waals surface area (Å²) in [5.74, 6) is 2.15. The fourth-order valence-corrected chi connectivity index (χ4v) is 3.97. The van der Waals surface area contributed by atoms with E-state index in [1.165, 1.54) is 56.7 Å². The largest absolute Gasteiger partial charge is 0.332 e. The maximum Gasteiger partial charge on any atom is 0.110 e. The number of imidazole rings is 1. The zero-order chi connectivity index (χ0) is 14.1. The highest BCUT2D eigenvalue weighted by Crippen LogP contribution is 2.26. The molecule has 20 heavy (non-hydrogen) atoms. The molecule has 0 saturated carbocycles. The molecule has 0 radical (unpaired) electrons. The molecule has 1 aromatic heterocycles. The SMILES string of the molecule is CC1CCc2cnc(CC3CCCCN3C(C)C)n2C1. The second-order valence-electron chi connectivity index (χ2n) is 7.11. The summed E-state index contributed by atoms with van der Waals surface area (Å²) in [7, 11) is 0. The fraction of sp³-hybridized carbons (Fsp3) is 0.824. The van der Waals surface area contributed by atoms with E-state index in [9.17, 15) is 0 Å². The molecule has 3 rings (SSSR count). The van der Waals surface area contributed by atoms with Crippen molar-refractivity contribution in [2.24, 2.45) is 5.92 Å². The van der Waals surface area contributed by atoms with Crippen LogP contribution in [-0.2, 0) is 19.4 Å². The monoisotopic (exact) mass is 275 g/mol. The molecule has 0 bridgehead atoms. The number of piperidine rings is 1. The molecule has 0 N–H and O–H groups in total. The van der Waals surface area contributed by atoms with E-state index in [-0.39, 0.29) is 0 Å². The van der Waals surface area contributed by atoms with Crippen LogP contribution in [0.15, 0.2) is 6.20 Å². The number of likely N-dealkylation sites (tertiary alicyclic amines) is 1. The molecule has 3 nitrogen and oxygen atoms in total. The van der Waals surface area contributed by atoms with Crippen molar-refractivity contribution in [3.63, 3.8) is 0 Å². The molecule has 3 heteroatoms. The molecule has 0 aromatic carbocycles. The Kier molecular flexibility index (Phi) is 4.16. The lowest BCUT2D eigenvalue weighted by Gasteiger charge is -2.38. The Hall–Kier alpha value is -0.830. The van der Waals surface area contributed by atoms with Gasteiger partial charge in [0.1, 0.15) is 5.82 Å². The summed E-state index contributed by atoms with van der Waals surface area (Å²) in [6.45, 7) is 9.49. The zero-order valence-corrected chi connectivity index (χ0v) is 13.3. The number of rotatable bonds is 3. The first-order valence-electron chi connectivity index (χ1n) is 8.44. The van der Waals surface area contributed by atoms with Crippen molar-refractivity contribution in [2.45, 2.75) is 77.9 Å². The van der Waals surface area contributed by atoms with Crippen LogP contribution < -0.4 is 0 Å². The van der Waals surface area contributed by atoms with Crippen LogP contribution in [0.2, 0.25) is 0 Å². The van der Waals surface area contributed by atoms with Gasteiger partial charge in [0.15, 0.2) is 0 Å². The lowest BCUT2D eigenvalue weighted by molar-refractivity contribution is 0.109. The minimum absolute atomic E-state index is 0.662. The second kappa shape index (κ2) is 5.88. The van der Waals surface area contributed by atoms with E-state index in [0.717, 1.165) is 12.3 Å². The van der Waals surface area contributed by atoms with E-state index in [1.807, 2.05) is 0 Å². The van der Waals surface area contributed by atoms with Gasteiger partial charge in [-0.3, -0.25) is 4.90 Å². The third-order valence-electron chi connectivity index (χ3n) is 5.16. The van der Waals surface area contributed by atoms with Gasteiger partial charge in [0, 0.05) is 36.9 Å². The average Bonchev–Trinajstić information content (AvgIpc) is 2.82. The molecule has 3 heterocycles. The van der Waals surface area contributed by atoms with Crippen LogP contribution in [0.1, 0.15) is 58.0 Å². The number of aryl methyl sites for hydroxylation is 1. The normalized spacial score (nSPS) is 27.8. The maximum atomic E-state index is 4.76. The predicted molar refractivity (Wildman–Crippen MR) is 82.9 cm³/mol. The van der Waals surface area contributed by atoms with Crippen LogP contribution in [0.3, 0.4) is 0 Å². The van der Waals surface area contributed by atoms with E-state index >= 15 is 0 Å². The van der Waals surface area contributed by atoms with Gasteiger partial charge in [0.05, 0.1) is 0 Å². The fourth-order valence-electron chi connectivity index (χ4n) is 3.97. The van der Waals surface area contributed by atoms with E-state index in [4.69, 9.17) is 4.98 Å². The van der Waals surface area contributed by atoms with Crippen molar-refractivity contribution in [3.8, 4) is 0 Å². The summed E-state index contributed by atoms with van der Waals surface area (Å²) in [4.78, 5) is 7.45. The van der Waals surface area contributed by atoms with Gasteiger partial charge in [-0.2, -0.15) is 0 Å². The lowest BCUT2D eigenvalue weighted by Crippen LogP contribution is -2.45. The number of fused-ring (bicyclic) bond motifs is 1. The third kappa shape index (κ3) is 2.78. The van der Waals surface area contributed by atoms with Gasteiger partial charge in [-0.15, -0.1) is 0 Å². The summed E-state index contributed by atoms with van der Waals surface area (Å²) >= 11 is 0. The van der Waals surface area contributed by atoms with Gasteiger partial charge in [-0.25, -0.2) is 4.98 Å². The van der Waals surface area contributed by atoms with Crippen LogP contribution in [0.5, 0.6) is 0 Å². The Morgan fingerprint density at radius 3 is 2.95 bits per heavy atom. The van der Waals surface area contributed by atoms with Crippen molar-refractivity contribution < 1.29 is 0 Å². The molecule has 2 aliphatic rings. The summed E-state index contributed by atoms with van der Waals surface area (Å²) in [6, 6.07) is 1.36. The zero-order valence-electron chi connectivity index (χ0n) is 13.3. The molecular formula is C17H29N3. The standard InChI is InChI=1S/C17H29N3/c1-13(2)19-9-5-4-6-15(19)10-17-18-11-16-8-7-14(3)12-20(16)17/h11,13-15H,4-10,12H2,1-3H3. The van der Waals surface area contributed by atoms with Crippen LogP contribution in [0, 0.1) is 5.92 Å². The first kappa shape index (κ1) is 14.1. The first-order chi connectivity index (χ1) is 9.65. The van der Waals surface area contributed by atoms with Crippen molar-refractivity contribution in [3.05, 3.63) is 17.7 Å². The summed E-state index contributed by atoms with van der Waals surface area (Å²) < 4.78 is 2.52. The Morgan fingerprint density at radius 1 is 1.30 bits per heavy atom. The first-order valence-corrected chi connectivity index (χ1v) is 8.44. The molecule has 0 spiro atoms. The molecule has 1 aromatic rings. The molecule has 2 aliphatic heterocycles. The molecule has 1 fully saturated rings. The highest BCUT2D eigenvalue weighted by molar-refractivity contribution is 5.10. The molecule has 0 amide bonds. The van der Waals surface area contributed by atoms with Crippen LogP contribution >= 0.6 is 0 Å². The molecule has 1 saturated heterocycles. The number of aromatic nitrogens is 2. The molecule has 112 valence electrons. The smallest absolute Gasteiger partial charge is 0.110 e. The summed E-state index contributed by atoms with van der Waals surface area (Å²) in [5.41, 5.74) is 1.46. The minimum atomic E-state index is 0.662. The highest BCUT2D eigenvalue weighted by atomic mass is 15.2. The van der Waals surface area contributed by atoms with E-state index in [0.29, 0.717) is 12.1 Å². The molecule has 0 aliphatic carbocycles. The summed E-state index contributed by atoms with van der Waals surface area (Å²) in [6.07, 6.45) is 9.91. The molecule has 2 unspecified atom stereocenters. The Morgan fingerprint density at radius 2 is 2.15 bits per heavy atom. The maximum absolute atomic E-state index is 4.76. The highest BCUT2D eigenvalue weighted by Gasteiger charge is 2.27.